The van der Waals surface area contributed by atoms with Crippen LogP contribution in [0.3, 0.4) is 0 Å². The molecule has 0 radical (unpaired) electrons. The Morgan fingerprint density at radius 3 is 2.25 bits per heavy atom. The van der Waals surface area contributed by atoms with Crippen LogP contribution in [0.15, 0.2) is 78.9 Å². The molecule has 4 aromatic carbocycles. The lowest BCUT2D eigenvalue weighted by Gasteiger charge is -2.39. The molecule has 10 rings (SSSR count). The van der Waals surface area contributed by atoms with Crippen LogP contribution in [0, 0.1) is 11.7 Å². The van der Waals surface area contributed by atoms with Gasteiger partial charge in [0.25, 0.3) is 11.8 Å². The smallest absolute Gasteiger partial charge is 0.264 e. The molecule has 0 spiro atoms. The number of piperazine rings is 1. The van der Waals surface area contributed by atoms with Gasteiger partial charge in [-0.25, -0.2) is 4.39 Å². The Bertz CT molecular complexity index is 2880. The number of amides is 7. The average Bonchev–Trinajstić information content (AvgIpc) is 4.07. The van der Waals surface area contributed by atoms with Gasteiger partial charge in [-0.15, -0.1) is 0 Å². The van der Waals surface area contributed by atoms with E-state index in [9.17, 15) is 33.6 Å². The van der Waals surface area contributed by atoms with Crippen LogP contribution >= 0.6 is 11.6 Å². The lowest BCUT2D eigenvalue weighted by atomic mass is 9.87. The van der Waals surface area contributed by atoms with Gasteiger partial charge in [0, 0.05) is 85.8 Å². The molecule has 5 N–H and O–H groups in total. The molecule has 17 nitrogen and oxygen atoms in total. The van der Waals surface area contributed by atoms with E-state index in [4.69, 9.17) is 26.8 Å². The zero-order chi connectivity index (χ0) is 53.0. The normalized spacial score (nSPS) is 22.8. The Kier molecular flexibility index (Phi) is 16.1. The number of rotatable bonds is 16. The number of primary amides is 1. The number of nitrogens with one attached hydrogen (secondary N) is 3. The first-order valence-electron chi connectivity index (χ1n) is 26.7. The number of fused-ring (bicyclic) bond motifs is 1. The minimum Gasteiger partial charge on any atom is -0.488 e. The Morgan fingerprint density at radius 1 is 0.789 bits per heavy atom. The molecule has 1 saturated carbocycles. The number of carbonyl (C=O) groups is 7. The van der Waals surface area contributed by atoms with Gasteiger partial charge in [0.1, 0.15) is 12.6 Å². The van der Waals surface area contributed by atoms with E-state index >= 15 is 4.39 Å². The molecule has 19 heteroatoms. The summed E-state index contributed by atoms with van der Waals surface area (Å²) in [5.74, 6) is -3.95. The minimum absolute atomic E-state index is 0.0000531. The molecular weight excluding hydrogens is 995 g/mol. The van der Waals surface area contributed by atoms with Crippen molar-refractivity contribution >= 4 is 58.6 Å². The van der Waals surface area contributed by atoms with Crippen molar-refractivity contribution in [2.75, 3.05) is 70.5 Å². The fourth-order valence-corrected chi connectivity index (χ4v) is 12.1. The van der Waals surface area contributed by atoms with Crippen LogP contribution < -0.4 is 31.3 Å². The van der Waals surface area contributed by atoms with Gasteiger partial charge in [-0.2, -0.15) is 0 Å². The van der Waals surface area contributed by atoms with Crippen molar-refractivity contribution in [3.8, 4) is 16.9 Å². The summed E-state index contributed by atoms with van der Waals surface area (Å²) < 4.78 is 28.0. The van der Waals surface area contributed by atoms with E-state index < -0.39 is 41.4 Å². The van der Waals surface area contributed by atoms with Gasteiger partial charge in [0.15, 0.2) is 11.6 Å². The highest BCUT2D eigenvalue weighted by atomic mass is 35.5. The summed E-state index contributed by atoms with van der Waals surface area (Å²) in [6, 6.07) is 22.7. The predicted octanol–water partition coefficient (Wildman–Crippen LogP) is 5.41. The topological polar surface area (TPSA) is 213 Å². The van der Waals surface area contributed by atoms with Crippen molar-refractivity contribution in [2.45, 2.75) is 94.4 Å². The van der Waals surface area contributed by atoms with Crippen LogP contribution in [0.1, 0.15) is 112 Å². The minimum atomic E-state index is -1.05. The van der Waals surface area contributed by atoms with Crippen LogP contribution in [-0.4, -0.2) is 146 Å². The van der Waals surface area contributed by atoms with E-state index in [0.717, 1.165) is 54.6 Å². The molecule has 6 aliphatic rings. The molecule has 5 heterocycles. The molecule has 400 valence electrons. The third-order valence-electron chi connectivity index (χ3n) is 16.1. The number of nitrogens with two attached hydrogens (primary N) is 1. The van der Waals surface area contributed by atoms with Crippen molar-refractivity contribution in [2.24, 2.45) is 11.7 Å². The highest BCUT2D eigenvalue weighted by Gasteiger charge is 2.46. The summed E-state index contributed by atoms with van der Waals surface area (Å²) in [6.45, 7) is 4.75. The zero-order valence-electron chi connectivity index (χ0n) is 42.4. The maximum absolute atomic E-state index is 16.4. The number of piperidine rings is 2. The maximum atomic E-state index is 16.4. The monoisotopic (exact) mass is 1060 g/mol. The second-order valence-electron chi connectivity index (χ2n) is 20.8. The van der Waals surface area contributed by atoms with E-state index in [1.165, 1.54) is 12.1 Å². The van der Waals surface area contributed by atoms with E-state index in [1.54, 1.807) is 24.3 Å². The fourth-order valence-electron chi connectivity index (χ4n) is 11.9. The predicted molar refractivity (Wildman–Crippen MR) is 281 cm³/mol. The second-order valence-corrected chi connectivity index (χ2v) is 21.3. The first-order valence-corrected chi connectivity index (χ1v) is 27.0. The van der Waals surface area contributed by atoms with Crippen LogP contribution in [-0.2, 0) is 23.9 Å². The van der Waals surface area contributed by atoms with Gasteiger partial charge in [-0.3, -0.25) is 48.7 Å². The van der Waals surface area contributed by atoms with E-state index in [-0.39, 0.29) is 101 Å². The summed E-state index contributed by atoms with van der Waals surface area (Å²) in [7, 11) is 0. The third kappa shape index (κ3) is 11.4. The van der Waals surface area contributed by atoms with Crippen molar-refractivity contribution in [3.05, 3.63) is 118 Å². The molecule has 0 aromatic heterocycles. The van der Waals surface area contributed by atoms with Crippen LogP contribution in [0.2, 0.25) is 5.02 Å². The van der Waals surface area contributed by atoms with Gasteiger partial charge in [-0.1, -0.05) is 54.1 Å². The average molecular weight is 1060 g/mol. The second kappa shape index (κ2) is 23.3. The standard InChI is InChI=1S/C57H64ClFN8O9/c58-44-17-11-36(30-42(44)50-40(53(60)70)16-19-47(52(50)59)76-33-39-8-5-29-75-39)43(34-6-2-1-3-7-34)31-61-37-12-14-38(15-13-37)62-49(69)32-64-23-21-35(22-24-64)55(72)66-27-25-65(26-28-66)45-10-4-9-41-51(45)57(74)67(56(41)73)46-18-20-48(68)63-54(46)71/h1-4,6-7,9-11,16-17,19,30,35,37-39,43,46,61H,5,8,12-15,18,20-29,31-33H2,(H2,60,70)(H,62,69)(H,63,68,71)/t37?,38?,39-,43?,46?/m0/s1. The Labute approximate surface area is 445 Å². The summed E-state index contributed by atoms with van der Waals surface area (Å²) in [6.07, 6.45) is 6.38. The Balaban J connectivity index is 0.683. The summed E-state index contributed by atoms with van der Waals surface area (Å²) >= 11 is 6.80. The maximum Gasteiger partial charge on any atom is 0.264 e. The van der Waals surface area contributed by atoms with Crippen LogP contribution in [0.5, 0.6) is 5.75 Å². The van der Waals surface area contributed by atoms with Crippen molar-refractivity contribution in [1.82, 2.24) is 30.7 Å². The molecule has 7 amide bonds. The first-order chi connectivity index (χ1) is 36.8. The van der Waals surface area contributed by atoms with Gasteiger partial charge in [-0.05, 0) is 118 Å². The molecular formula is C57H64ClFN8O9. The van der Waals surface area contributed by atoms with E-state index in [0.29, 0.717) is 76.5 Å². The number of carbonyl (C=O) groups excluding carboxylic acids is 7. The van der Waals surface area contributed by atoms with E-state index in [1.807, 2.05) is 40.1 Å². The van der Waals surface area contributed by atoms with E-state index in [2.05, 4.69) is 33.0 Å². The first kappa shape index (κ1) is 52.7. The van der Waals surface area contributed by atoms with Crippen LogP contribution in [0.4, 0.5) is 10.1 Å². The lowest BCUT2D eigenvalue weighted by Crippen LogP contribution is -2.54. The number of hydrogen-bond acceptors (Lipinski definition) is 12. The number of nitrogens with zero attached hydrogens (tertiary/aromatic N) is 4. The van der Waals surface area contributed by atoms with Crippen molar-refractivity contribution < 1.29 is 47.4 Å². The summed E-state index contributed by atoms with van der Waals surface area (Å²) in [4.78, 5) is 98.3. The number of ether oxygens (including phenoxy) is 2. The number of likely N-dealkylation sites (tertiary alicyclic amines) is 1. The molecule has 1 aliphatic carbocycles. The number of halogens is 2. The van der Waals surface area contributed by atoms with Crippen molar-refractivity contribution in [1.29, 1.82) is 0 Å². The summed E-state index contributed by atoms with van der Waals surface area (Å²) in [5.41, 5.74) is 9.11. The Morgan fingerprint density at radius 2 is 1.54 bits per heavy atom. The van der Waals surface area contributed by atoms with Gasteiger partial charge >= 0.3 is 0 Å². The molecule has 3 atom stereocenters. The third-order valence-corrected chi connectivity index (χ3v) is 16.4. The SMILES string of the molecule is NC(=O)c1ccc(OC[C@@H]2CCCO2)c(F)c1-c1cc(C(CNC2CCC(NC(=O)CN3CCC(C(=O)N4CCN(c5cccc6c5C(=O)N(C5CCC(=O)NC5=O)C6=O)CC4)CC3)CC2)c2ccccc2)ccc1Cl. The number of imide groups is 2. The molecule has 5 fully saturated rings. The molecule has 2 unspecified atom stereocenters. The van der Waals surface area contributed by atoms with Crippen LogP contribution in [0.25, 0.3) is 11.1 Å². The quantitative estimate of drug-likeness (QED) is 0.104. The van der Waals surface area contributed by atoms with Gasteiger partial charge < -0.3 is 35.6 Å². The molecule has 4 saturated heterocycles. The zero-order valence-corrected chi connectivity index (χ0v) is 43.2. The lowest BCUT2D eigenvalue weighted by molar-refractivity contribution is -0.138. The highest BCUT2D eigenvalue weighted by Crippen LogP contribution is 2.40. The number of anilines is 1. The van der Waals surface area contributed by atoms with Gasteiger partial charge in [0.2, 0.25) is 29.5 Å². The molecule has 5 aliphatic heterocycles. The largest absolute Gasteiger partial charge is 0.488 e. The Hall–Kier alpha value is -6.73. The van der Waals surface area contributed by atoms with Gasteiger partial charge in [0.05, 0.1) is 35.0 Å². The highest BCUT2D eigenvalue weighted by molar-refractivity contribution is 6.33. The molecule has 4 aromatic rings. The van der Waals surface area contributed by atoms with Crippen molar-refractivity contribution in [3.63, 3.8) is 0 Å². The number of hydrogen-bond donors (Lipinski definition) is 4. The molecule has 0 bridgehead atoms. The fraction of sp³-hybridized carbons (Fsp3) is 0.456. The molecule has 76 heavy (non-hydrogen) atoms. The number of benzene rings is 4. The summed E-state index contributed by atoms with van der Waals surface area (Å²) in [5, 5.41) is 9.56.